The van der Waals surface area contributed by atoms with E-state index in [0.29, 0.717) is 5.13 Å². The van der Waals surface area contributed by atoms with Gasteiger partial charge < -0.3 is 9.47 Å². The highest BCUT2D eigenvalue weighted by Gasteiger charge is 2.14. The van der Waals surface area contributed by atoms with Gasteiger partial charge in [-0.15, -0.1) is 11.3 Å². The smallest absolute Gasteiger partial charge is 0.306 e. The molecule has 0 unspecified atom stereocenters. The maximum atomic E-state index is 12.1. The monoisotopic (exact) mass is 410 g/mol. The number of methoxy groups -OCH3 is 1. The lowest BCUT2D eigenvalue weighted by molar-refractivity contribution is -0.147. The third-order valence-electron chi connectivity index (χ3n) is 4.34. The molecule has 0 spiro atoms. The summed E-state index contributed by atoms with van der Waals surface area (Å²) in [6.07, 6.45) is 0.218. The first-order chi connectivity index (χ1) is 14.0. The van der Waals surface area contributed by atoms with E-state index in [2.05, 4.69) is 10.3 Å². The number of aromatic nitrogens is 1. The minimum atomic E-state index is -0.415. The molecule has 0 aliphatic rings. The van der Waals surface area contributed by atoms with Gasteiger partial charge in [-0.2, -0.15) is 0 Å². The van der Waals surface area contributed by atoms with Crippen molar-refractivity contribution in [3.63, 3.8) is 0 Å². The van der Waals surface area contributed by atoms with E-state index < -0.39 is 11.9 Å². The van der Waals surface area contributed by atoms with Crippen molar-refractivity contribution in [1.29, 1.82) is 0 Å². The Morgan fingerprint density at radius 3 is 2.52 bits per heavy atom. The zero-order valence-electron chi connectivity index (χ0n) is 16.3. The van der Waals surface area contributed by atoms with E-state index in [-0.39, 0.29) is 18.9 Å². The van der Waals surface area contributed by atoms with Crippen LogP contribution in [0, 0.1) is 0 Å². The summed E-state index contributed by atoms with van der Waals surface area (Å²) >= 11 is 1.31. The molecule has 150 valence electrons. The molecule has 7 heteroatoms. The number of hydrogen-bond donors (Lipinski definition) is 1. The molecule has 0 radical (unpaired) electrons. The molecule has 1 aromatic heterocycles. The molecule has 0 saturated carbocycles. The molecule has 1 amide bonds. The molecular weight excluding hydrogens is 388 g/mol. The number of nitrogens with one attached hydrogen (secondary N) is 1. The van der Waals surface area contributed by atoms with E-state index >= 15 is 0 Å². The van der Waals surface area contributed by atoms with Crippen molar-refractivity contribution in [3.8, 4) is 17.0 Å². The van der Waals surface area contributed by atoms with Crippen molar-refractivity contribution < 1.29 is 19.1 Å². The minimum absolute atomic E-state index is 0.0257. The van der Waals surface area contributed by atoms with Gasteiger partial charge in [0.2, 0.25) is 0 Å². The lowest BCUT2D eigenvalue weighted by Gasteiger charge is -2.11. The van der Waals surface area contributed by atoms with Gasteiger partial charge >= 0.3 is 5.97 Å². The number of carbonyl (C=O) groups excluding carboxylic acids is 2. The Bertz CT molecular complexity index is 954. The lowest BCUT2D eigenvalue weighted by Crippen LogP contribution is -2.21. The van der Waals surface area contributed by atoms with Gasteiger partial charge in [0, 0.05) is 10.9 Å². The highest BCUT2D eigenvalue weighted by Crippen LogP contribution is 2.26. The summed E-state index contributed by atoms with van der Waals surface area (Å²) in [5.41, 5.74) is 2.73. The molecule has 0 saturated heterocycles. The normalized spacial score (nSPS) is 11.5. The van der Waals surface area contributed by atoms with Crippen molar-refractivity contribution in [2.24, 2.45) is 0 Å². The van der Waals surface area contributed by atoms with Gasteiger partial charge in [-0.3, -0.25) is 14.9 Å². The molecule has 6 nitrogen and oxygen atoms in total. The number of ether oxygens (including phenoxy) is 2. The zero-order valence-corrected chi connectivity index (χ0v) is 17.1. The van der Waals surface area contributed by atoms with E-state index in [1.807, 2.05) is 66.9 Å². The van der Waals surface area contributed by atoms with Crippen LogP contribution in [-0.2, 0) is 14.3 Å². The van der Waals surface area contributed by atoms with E-state index in [9.17, 15) is 9.59 Å². The van der Waals surface area contributed by atoms with Crippen molar-refractivity contribution in [3.05, 3.63) is 65.5 Å². The minimum Gasteiger partial charge on any atom is -0.497 e. The summed E-state index contributed by atoms with van der Waals surface area (Å²) in [6.45, 7) is 1.62. The number of benzene rings is 2. The maximum absolute atomic E-state index is 12.1. The standard InChI is InChI=1S/C22H22N2O4S/c1-15(16-6-4-3-5-7-16)12-21(26)28-13-20(25)24-22-23-19(14-29-22)17-8-10-18(27-2)11-9-17/h3-11,14-15H,12-13H2,1-2H3,(H,23,24,25)/t15-/m1/s1. The third kappa shape index (κ3) is 5.89. The molecule has 2 aromatic carbocycles. The summed E-state index contributed by atoms with van der Waals surface area (Å²) in [7, 11) is 1.61. The predicted octanol–water partition coefficient (Wildman–Crippen LogP) is 4.49. The molecule has 1 atom stereocenters. The van der Waals surface area contributed by atoms with E-state index in [1.165, 1.54) is 11.3 Å². The van der Waals surface area contributed by atoms with Gasteiger partial charge in [0.25, 0.3) is 5.91 Å². The molecule has 0 bridgehead atoms. The number of nitrogens with zero attached hydrogens (tertiary/aromatic N) is 1. The largest absolute Gasteiger partial charge is 0.497 e. The Balaban J connectivity index is 1.47. The van der Waals surface area contributed by atoms with E-state index in [0.717, 1.165) is 22.6 Å². The van der Waals surface area contributed by atoms with Gasteiger partial charge in [0.15, 0.2) is 11.7 Å². The number of hydrogen-bond acceptors (Lipinski definition) is 6. The molecule has 1 heterocycles. The number of amides is 1. The third-order valence-corrected chi connectivity index (χ3v) is 5.10. The van der Waals surface area contributed by atoms with Crippen molar-refractivity contribution in [2.75, 3.05) is 19.0 Å². The molecule has 29 heavy (non-hydrogen) atoms. The Labute approximate surface area is 173 Å². The van der Waals surface area contributed by atoms with Gasteiger partial charge in [-0.25, -0.2) is 4.98 Å². The first-order valence-corrected chi connectivity index (χ1v) is 10.0. The van der Waals surface area contributed by atoms with Crippen molar-refractivity contribution in [2.45, 2.75) is 19.3 Å². The van der Waals surface area contributed by atoms with Gasteiger partial charge in [-0.1, -0.05) is 37.3 Å². The van der Waals surface area contributed by atoms with Gasteiger partial charge in [0.05, 0.1) is 19.2 Å². The second-order valence-corrected chi connectivity index (χ2v) is 7.35. The first-order valence-electron chi connectivity index (χ1n) is 9.15. The van der Waals surface area contributed by atoms with Crippen LogP contribution in [0.2, 0.25) is 0 Å². The SMILES string of the molecule is COc1ccc(-c2csc(NC(=O)COC(=O)C[C@@H](C)c3ccccc3)n2)cc1. The molecule has 3 aromatic rings. The summed E-state index contributed by atoms with van der Waals surface area (Å²) in [5.74, 6) is -0.0328. The average Bonchev–Trinajstić information content (AvgIpc) is 3.21. The van der Waals surface area contributed by atoms with Crippen LogP contribution in [-0.4, -0.2) is 30.6 Å². The second kappa shape index (κ2) is 9.84. The molecular formula is C22H22N2O4S. The fourth-order valence-corrected chi connectivity index (χ4v) is 3.47. The van der Waals surface area contributed by atoms with E-state index in [4.69, 9.17) is 9.47 Å². The number of esters is 1. The Morgan fingerprint density at radius 1 is 1.10 bits per heavy atom. The highest BCUT2D eigenvalue weighted by atomic mass is 32.1. The number of carbonyl (C=O) groups is 2. The van der Waals surface area contributed by atoms with E-state index in [1.54, 1.807) is 7.11 Å². The van der Waals surface area contributed by atoms with Crippen molar-refractivity contribution >= 4 is 28.3 Å². The van der Waals surface area contributed by atoms with Crippen LogP contribution in [0.25, 0.3) is 11.3 Å². The molecule has 1 N–H and O–H groups in total. The predicted molar refractivity (Wildman–Crippen MR) is 113 cm³/mol. The molecule has 0 aliphatic carbocycles. The van der Waals surface area contributed by atoms with Crippen LogP contribution in [0.5, 0.6) is 5.75 Å². The van der Waals surface area contributed by atoms with Gasteiger partial charge in [-0.05, 0) is 35.7 Å². The Morgan fingerprint density at radius 2 is 1.83 bits per heavy atom. The van der Waals surface area contributed by atoms with Crippen molar-refractivity contribution in [1.82, 2.24) is 4.98 Å². The Kier molecular flexibility index (Phi) is 6.97. The quantitative estimate of drug-likeness (QED) is 0.554. The van der Waals surface area contributed by atoms with Crippen LogP contribution in [0.3, 0.4) is 0 Å². The van der Waals surface area contributed by atoms with Crippen LogP contribution in [0.4, 0.5) is 5.13 Å². The second-order valence-electron chi connectivity index (χ2n) is 6.49. The number of anilines is 1. The van der Waals surface area contributed by atoms with Gasteiger partial charge in [0.1, 0.15) is 5.75 Å². The summed E-state index contributed by atoms with van der Waals surface area (Å²) < 4.78 is 10.2. The lowest BCUT2D eigenvalue weighted by atomic mass is 9.98. The fourth-order valence-electron chi connectivity index (χ4n) is 2.74. The molecule has 0 fully saturated rings. The molecule has 3 rings (SSSR count). The van der Waals surface area contributed by atoms with Crippen LogP contribution >= 0.6 is 11.3 Å². The summed E-state index contributed by atoms with van der Waals surface area (Å²) in [5, 5.41) is 4.97. The summed E-state index contributed by atoms with van der Waals surface area (Å²) in [6, 6.07) is 17.2. The number of thiazole rings is 1. The molecule has 0 aliphatic heterocycles. The fraction of sp³-hybridized carbons (Fsp3) is 0.227. The average molecular weight is 410 g/mol. The Hall–Kier alpha value is -3.19. The topological polar surface area (TPSA) is 77.5 Å². The maximum Gasteiger partial charge on any atom is 0.306 e. The first kappa shape index (κ1) is 20.5. The summed E-state index contributed by atoms with van der Waals surface area (Å²) in [4.78, 5) is 28.5. The highest BCUT2D eigenvalue weighted by molar-refractivity contribution is 7.14. The van der Waals surface area contributed by atoms with Crippen LogP contribution in [0.15, 0.2) is 60.0 Å². The number of rotatable bonds is 8. The van der Waals surface area contributed by atoms with Crippen LogP contribution < -0.4 is 10.1 Å². The van der Waals surface area contributed by atoms with Crippen LogP contribution in [0.1, 0.15) is 24.8 Å². The zero-order chi connectivity index (χ0) is 20.6.